The quantitative estimate of drug-likeness (QED) is 0.278. The van der Waals surface area contributed by atoms with Crippen molar-refractivity contribution in [1.29, 1.82) is 0 Å². The van der Waals surface area contributed by atoms with E-state index in [1.54, 1.807) is 18.2 Å². The summed E-state index contributed by atoms with van der Waals surface area (Å²) in [6.45, 7) is 0. The summed E-state index contributed by atoms with van der Waals surface area (Å²) in [6.07, 6.45) is 1.21. The second-order valence-corrected chi connectivity index (χ2v) is 5.75. The van der Waals surface area contributed by atoms with Crippen molar-refractivity contribution in [3.05, 3.63) is 94.0 Å². The molecule has 0 aromatic heterocycles. The monoisotopic (exact) mass is 389 g/mol. The molecular formula is C20H15N5O4. The summed E-state index contributed by atoms with van der Waals surface area (Å²) in [7, 11) is 0. The number of phenols is 1. The number of nitrogens with zero attached hydrogens (tertiary/aromatic N) is 4. The number of amides is 1. The summed E-state index contributed by atoms with van der Waals surface area (Å²) in [6, 6.07) is 19.2. The van der Waals surface area contributed by atoms with E-state index in [9.17, 15) is 20.0 Å². The zero-order valence-electron chi connectivity index (χ0n) is 15.0. The van der Waals surface area contributed by atoms with E-state index in [4.69, 9.17) is 0 Å². The van der Waals surface area contributed by atoms with Crippen LogP contribution in [-0.4, -0.2) is 22.2 Å². The van der Waals surface area contributed by atoms with Gasteiger partial charge in [0.2, 0.25) is 0 Å². The van der Waals surface area contributed by atoms with Crippen molar-refractivity contribution in [2.45, 2.75) is 0 Å². The second kappa shape index (κ2) is 9.00. The number of phenolic OH excluding ortho intramolecular Hbond substituents is 1. The van der Waals surface area contributed by atoms with Crippen LogP contribution in [0.3, 0.4) is 0 Å². The molecule has 144 valence electrons. The molecule has 0 bridgehead atoms. The van der Waals surface area contributed by atoms with Gasteiger partial charge in [0.25, 0.3) is 11.6 Å². The smallest absolute Gasteiger partial charge is 0.282 e. The van der Waals surface area contributed by atoms with Crippen LogP contribution >= 0.6 is 0 Å². The van der Waals surface area contributed by atoms with Crippen LogP contribution in [0.5, 0.6) is 5.75 Å². The molecule has 0 saturated heterocycles. The minimum absolute atomic E-state index is 0.0765. The molecule has 0 spiro atoms. The molecule has 0 heterocycles. The molecule has 1 amide bonds. The number of carbonyl (C=O) groups is 1. The first kappa shape index (κ1) is 19.4. The van der Waals surface area contributed by atoms with Gasteiger partial charge in [0, 0.05) is 11.6 Å². The summed E-state index contributed by atoms with van der Waals surface area (Å²) in [5.74, 6) is -0.819. The van der Waals surface area contributed by atoms with Crippen LogP contribution in [0.1, 0.15) is 15.9 Å². The number of benzene rings is 3. The number of rotatable bonds is 6. The molecule has 9 heteroatoms. The summed E-state index contributed by atoms with van der Waals surface area (Å²) in [5, 5.41) is 32.9. The first-order chi connectivity index (χ1) is 14.0. The SMILES string of the molecule is O=C(N/N=C\c1cc(N=Nc2ccccc2)ccc1O)c1ccccc1[N+](=O)[O-]. The average Bonchev–Trinajstić information content (AvgIpc) is 2.74. The molecule has 0 radical (unpaired) electrons. The maximum Gasteiger partial charge on any atom is 0.282 e. The molecule has 2 N–H and O–H groups in total. The maximum atomic E-state index is 12.1. The van der Waals surface area contributed by atoms with Crippen LogP contribution in [0.15, 0.2) is 88.1 Å². The highest BCUT2D eigenvalue weighted by Gasteiger charge is 2.18. The highest BCUT2D eigenvalue weighted by Crippen LogP contribution is 2.24. The number of para-hydroxylation sites is 1. The lowest BCUT2D eigenvalue weighted by Crippen LogP contribution is -2.18. The van der Waals surface area contributed by atoms with E-state index in [1.165, 1.54) is 42.6 Å². The zero-order valence-corrected chi connectivity index (χ0v) is 15.0. The number of carbonyl (C=O) groups excluding carboxylic acids is 1. The van der Waals surface area contributed by atoms with Crippen molar-refractivity contribution >= 4 is 29.2 Å². The van der Waals surface area contributed by atoms with Gasteiger partial charge in [0.15, 0.2) is 0 Å². The van der Waals surface area contributed by atoms with Crippen LogP contribution < -0.4 is 5.43 Å². The second-order valence-electron chi connectivity index (χ2n) is 5.75. The number of hydrogen-bond acceptors (Lipinski definition) is 7. The Kier molecular flexibility index (Phi) is 6.01. The van der Waals surface area contributed by atoms with Crippen LogP contribution in [0.2, 0.25) is 0 Å². The first-order valence-electron chi connectivity index (χ1n) is 8.41. The van der Waals surface area contributed by atoms with Crippen LogP contribution in [0.4, 0.5) is 17.1 Å². The average molecular weight is 389 g/mol. The normalized spacial score (nSPS) is 11.0. The molecular weight excluding hydrogens is 374 g/mol. The minimum atomic E-state index is -0.743. The van der Waals surface area contributed by atoms with Gasteiger partial charge < -0.3 is 5.11 Å². The van der Waals surface area contributed by atoms with Crippen molar-refractivity contribution < 1.29 is 14.8 Å². The molecule has 0 atom stereocenters. The standard InChI is InChI=1S/C20H15N5O4/c26-19-11-10-16(23-22-15-6-2-1-3-7-15)12-14(19)13-21-24-20(27)17-8-4-5-9-18(17)25(28)29/h1-13,26H,(H,24,27)/b21-13-,23-22?. The Morgan fingerprint density at radius 3 is 2.41 bits per heavy atom. The molecule has 3 aromatic rings. The van der Waals surface area contributed by atoms with Crippen molar-refractivity contribution in [3.8, 4) is 5.75 Å². The van der Waals surface area contributed by atoms with Gasteiger partial charge in [0.1, 0.15) is 11.3 Å². The fourth-order valence-corrected chi connectivity index (χ4v) is 2.36. The number of nitro benzene ring substituents is 1. The minimum Gasteiger partial charge on any atom is -0.507 e. The van der Waals surface area contributed by atoms with E-state index in [2.05, 4.69) is 20.8 Å². The predicted molar refractivity (Wildman–Crippen MR) is 107 cm³/mol. The van der Waals surface area contributed by atoms with Crippen LogP contribution in [-0.2, 0) is 0 Å². The zero-order chi connectivity index (χ0) is 20.6. The van der Waals surface area contributed by atoms with E-state index in [0.29, 0.717) is 11.4 Å². The van der Waals surface area contributed by atoms with Crippen molar-refractivity contribution in [3.63, 3.8) is 0 Å². The van der Waals surface area contributed by atoms with Gasteiger partial charge in [-0.2, -0.15) is 15.3 Å². The summed E-state index contributed by atoms with van der Waals surface area (Å²) in [5.41, 5.74) is 3.19. The molecule has 0 aliphatic carbocycles. The van der Waals surface area contributed by atoms with Gasteiger partial charge in [-0.05, 0) is 36.4 Å². The highest BCUT2D eigenvalue weighted by atomic mass is 16.6. The molecule has 3 aromatic carbocycles. The van der Waals surface area contributed by atoms with E-state index >= 15 is 0 Å². The van der Waals surface area contributed by atoms with Gasteiger partial charge in [-0.3, -0.25) is 14.9 Å². The third-order valence-corrected chi connectivity index (χ3v) is 3.76. The third-order valence-electron chi connectivity index (χ3n) is 3.76. The Morgan fingerprint density at radius 2 is 1.66 bits per heavy atom. The number of azo groups is 1. The summed E-state index contributed by atoms with van der Waals surface area (Å²) in [4.78, 5) is 22.5. The molecule has 0 fully saturated rings. The first-order valence-corrected chi connectivity index (χ1v) is 8.41. The summed E-state index contributed by atoms with van der Waals surface area (Å²) >= 11 is 0. The van der Waals surface area contributed by atoms with Crippen molar-refractivity contribution in [1.82, 2.24) is 5.43 Å². The molecule has 9 nitrogen and oxygen atoms in total. The molecule has 0 aliphatic heterocycles. The summed E-state index contributed by atoms with van der Waals surface area (Å²) < 4.78 is 0. The van der Waals surface area contributed by atoms with E-state index < -0.39 is 10.8 Å². The fourth-order valence-electron chi connectivity index (χ4n) is 2.36. The van der Waals surface area contributed by atoms with E-state index in [-0.39, 0.29) is 22.6 Å². The largest absolute Gasteiger partial charge is 0.507 e. The molecule has 29 heavy (non-hydrogen) atoms. The number of hydrogen-bond donors (Lipinski definition) is 2. The Bertz CT molecular complexity index is 1100. The van der Waals surface area contributed by atoms with Crippen molar-refractivity contribution in [2.75, 3.05) is 0 Å². The number of aromatic hydroxyl groups is 1. The van der Waals surface area contributed by atoms with Gasteiger partial charge in [-0.15, -0.1) is 0 Å². The van der Waals surface area contributed by atoms with Crippen LogP contribution in [0, 0.1) is 10.1 Å². The lowest BCUT2D eigenvalue weighted by Gasteiger charge is -2.02. The lowest BCUT2D eigenvalue weighted by molar-refractivity contribution is -0.385. The van der Waals surface area contributed by atoms with Gasteiger partial charge >= 0.3 is 0 Å². The maximum absolute atomic E-state index is 12.1. The van der Waals surface area contributed by atoms with Gasteiger partial charge in [-0.1, -0.05) is 30.3 Å². The predicted octanol–water partition coefficient (Wildman–Crippen LogP) is 4.48. The lowest BCUT2D eigenvalue weighted by atomic mass is 10.2. The van der Waals surface area contributed by atoms with Gasteiger partial charge in [0.05, 0.1) is 22.5 Å². The Balaban J connectivity index is 1.73. The van der Waals surface area contributed by atoms with E-state index in [1.807, 2.05) is 18.2 Å². The van der Waals surface area contributed by atoms with Crippen molar-refractivity contribution in [2.24, 2.45) is 15.3 Å². The Morgan fingerprint density at radius 1 is 0.966 bits per heavy atom. The highest BCUT2D eigenvalue weighted by molar-refractivity contribution is 5.98. The van der Waals surface area contributed by atoms with Crippen LogP contribution in [0.25, 0.3) is 0 Å². The molecule has 0 unspecified atom stereocenters. The topological polar surface area (TPSA) is 130 Å². The molecule has 0 saturated carbocycles. The molecule has 3 rings (SSSR count). The number of nitro groups is 1. The number of hydrazone groups is 1. The molecule has 0 aliphatic rings. The Labute approximate surface area is 165 Å². The Hall–Kier alpha value is -4.40. The van der Waals surface area contributed by atoms with Gasteiger partial charge in [-0.25, -0.2) is 5.43 Å². The fraction of sp³-hybridized carbons (Fsp3) is 0. The van der Waals surface area contributed by atoms with E-state index in [0.717, 1.165) is 0 Å². The number of nitrogens with one attached hydrogen (secondary N) is 1. The third kappa shape index (κ3) is 5.07.